The molecule has 0 spiro atoms. The Kier molecular flexibility index (Phi) is 5.13. The molecule has 0 aliphatic heterocycles. The number of nitrogens with zero attached hydrogens (tertiary/aromatic N) is 3. The molecule has 6 nitrogen and oxygen atoms in total. The number of hydrogen-bond acceptors (Lipinski definition) is 5. The highest BCUT2D eigenvalue weighted by molar-refractivity contribution is 7.89. The molecule has 0 amide bonds. The van der Waals surface area contributed by atoms with Gasteiger partial charge in [-0.1, -0.05) is 35.3 Å². The fourth-order valence-corrected chi connectivity index (χ4v) is 4.86. The molecule has 1 heterocycles. The van der Waals surface area contributed by atoms with Crippen molar-refractivity contribution in [2.24, 2.45) is 0 Å². The third-order valence-corrected chi connectivity index (χ3v) is 6.83. The van der Waals surface area contributed by atoms with E-state index in [-0.39, 0.29) is 34.3 Å². The van der Waals surface area contributed by atoms with E-state index in [1.165, 1.54) is 10.4 Å². The fourth-order valence-electron chi connectivity index (χ4n) is 2.74. The van der Waals surface area contributed by atoms with Gasteiger partial charge < -0.3 is 4.42 Å². The van der Waals surface area contributed by atoms with Crippen LogP contribution in [0.15, 0.2) is 51.8 Å². The van der Waals surface area contributed by atoms with Crippen molar-refractivity contribution in [3.05, 3.63) is 64.2 Å². The first kappa shape index (κ1) is 19.3. The van der Waals surface area contributed by atoms with E-state index in [1.807, 2.05) is 0 Å². The molecule has 0 saturated heterocycles. The fraction of sp³-hybridized carbons (Fsp3) is 0.222. The maximum absolute atomic E-state index is 13.4. The van der Waals surface area contributed by atoms with E-state index >= 15 is 0 Å². The van der Waals surface area contributed by atoms with Crippen LogP contribution in [0.2, 0.25) is 10.0 Å². The Hall–Kier alpha value is -2.00. The average Bonchev–Trinajstić information content (AvgIpc) is 3.40. The van der Waals surface area contributed by atoms with Crippen LogP contribution in [0.3, 0.4) is 0 Å². The first-order valence-electron chi connectivity index (χ1n) is 8.40. The molecule has 0 bridgehead atoms. The zero-order valence-electron chi connectivity index (χ0n) is 14.3. The van der Waals surface area contributed by atoms with Crippen molar-refractivity contribution in [3.63, 3.8) is 0 Å². The second kappa shape index (κ2) is 7.44. The van der Waals surface area contributed by atoms with Crippen molar-refractivity contribution in [3.8, 4) is 11.5 Å². The van der Waals surface area contributed by atoms with Crippen LogP contribution < -0.4 is 0 Å². The Morgan fingerprint density at radius 2 is 1.86 bits per heavy atom. The molecule has 28 heavy (non-hydrogen) atoms. The van der Waals surface area contributed by atoms with Gasteiger partial charge in [-0.3, -0.25) is 0 Å². The number of sulfonamides is 1. The van der Waals surface area contributed by atoms with Crippen molar-refractivity contribution >= 4 is 33.2 Å². The van der Waals surface area contributed by atoms with Crippen LogP contribution in [0.1, 0.15) is 18.7 Å². The maximum atomic E-state index is 13.4. The Balaban J connectivity index is 1.63. The normalized spacial score (nSPS) is 14.6. The average molecular weight is 442 g/mol. The summed E-state index contributed by atoms with van der Waals surface area (Å²) in [5, 5.41) is 8.12. The standard InChI is InChI=1S/C18H14Cl2FN3O3S/c19-14-4-2-1-3-13(14)18-23-22-17(27-18)10-24(11-5-6-11)28(25,26)12-7-8-16(21)15(20)9-12/h1-4,7-9,11H,5-6,10H2. The Labute approximate surface area is 170 Å². The lowest BCUT2D eigenvalue weighted by Gasteiger charge is -2.20. The van der Waals surface area contributed by atoms with Crippen molar-refractivity contribution in [1.29, 1.82) is 0 Å². The van der Waals surface area contributed by atoms with E-state index in [2.05, 4.69) is 10.2 Å². The summed E-state index contributed by atoms with van der Waals surface area (Å²) >= 11 is 11.9. The molecule has 0 N–H and O–H groups in total. The minimum atomic E-state index is -3.91. The summed E-state index contributed by atoms with van der Waals surface area (Å²) in [7, 11) is -3.91. The van der Waals surface area contributed by atoms with Crippen LogP contribution in [-0.4, -0.2) is 29.0 Å². The van der Waals surface area contributed by atoms with Gasteiger partial charge in [0.05, 0.1) is 27.0 Å². The third kappa shape index (κ3) is 3.77. The van der Waals surface area contributed by atoms with Crippen molar-refractivity contribution in [1.82, 2.24) is 14.5 Å². The Morgan fingerprint density at radius 3 is 2.54 bits per heavy atom. The van der Waals surface area contributed by atoms with E-state index in [0.717, 1.165) is 25.0 Å². The molecule has 4 rings (SSSR count). The Bertz CT molecular complexity index is 1130. The minimum absolute atomic E-state index is 0.0864. The Morgan fingerprint density at radius 1 is 1.11 bits per heavy atom. The number of hydrogen-bond donors (Lipinski definition) is 0. The lowest BCUT2D eigenvalue weighted by atomic mass is 10.2. The lowest BCUT2D eigenvalue weighted by Crippen LogP contribution is -2.32. The second-order valence-electron chi connectivity index (χ2n) is 6.34. The summed E-state index contributed by atoms with van der Waals surface area (Å²) in [5.41, 5.74) is 0.564. The molecule has 1 aromatic heterocycles. The minimum Gasteiger partial charge on any atom is -0.419 e. The largest absolute Gasteiger partial charge is 0.419 e. The van der Waals surface area contributed by atoms with Gasteiger partial charge in [-0.05, 0) is 43.2 Å². The summed E-state index contributed by atoms with van der Waals surface area (Å²) in [5.74, 6) is -0.336. The van der Waals surface area contributed by atoms with Gasteiger partial charge in [-0.25, -0.2) is 12.8 Å². The number of halogens is 3. The van der Waals surface area contributed by atoms with Gasteiger partial charge in [-0.2, -0.15) is 4.31 Å². The first-order valence-corrected chi connectivity index (χ1v) is 10.6. The maximum Gasteiger partial charge on any atom is 0.249 e. The monoisotopic (exact) mass is 441 g/mol. The van der Waals surface area contributed by atoms with Crippen LogP contribution in [0.5, 0.6) is 0 Å². The molecular formula is C18H14Cl2FN3O3S. The molecule has 10 heteroatoms. The highest BCUT2D eigenvalue weighted by atomic mass is 35.5. The summed E-state index contributed by atoms with van der Waals surface area (Å²) in [6.45, 7) is -0.0978. The second-order valence-corrected chi connectivity index (χ2v) is 9.04. The molecule has 0 radical (unpaired) electrons. The van der Waals surface area contributed by atoms with Crippen LogP contribution in [-0.2, 0) is 16.6 Å². The smallest absolute Gasteiger partial charge is 0.249 e. The van der Waals surface area contributed by atoms with Gasteiger partial charge in [-0.15, -0.1) is 10.2 Å². The van der Waals surface area contributed by atoms with Gasteiger partial charge in [0.15, 0.2) is 0 Å². The first-order chi connectivity index (χ1) is 13.4. The zero-order valence-corrected chi connectivity index (χ0v) is 16.7. The molecule has 3 aromatic rings. The van der Waals surface area contributed by atoms with E-state index in [1.54, 1.807) is 24.3 Å². The summed E-state index contributed by atoms with van der Waals surface area (Å²) < 4.78 is 46.4. The van der Waals surface area contributed by atoms with Gasteiger partial charge in [0, 0.05) is 6.04 Å². The molecule has 0 unspecified atom stereocenters. The van der Waals surface area contributed by atoms with Crippen molar-refractivity contribution in [2.45, 2.75) is 30.3 Å². The predicted octanol–water partition coefficient (Wildman–Crippen LogP) is 4.54. The van der Waals surface area contributed by atoms with Crippen LogP contribution in [0, 0.1) is 5.82 Å². The third-order valence-electron chi connectivity index (χ3n) is 4.31. The quantitative estimate of drug-likeness (QED) is 0.561. The van der Waals surface area contributed by atoms with Crippen molar-refractivity contribution < 1.29 is 17.2 Å². The molecule has 146 valence electrons. The number of rotatable bonds is 6. The highest BCUT2D eigenvalue weighted by Gasteiger charge is 2.39. The topological polar surface area (TPSA) is 76.3 Å². The van der Waals surface area contributed by atoms with Crippen molar-refractivity contribution in [2.75, 3.05) is 0 Å². The molecule has 2 aromatic carbocycles. The SMILES string of the molecule is O=S(=O)(c1ccc(F)c(Cl)c1)N(Cc1nnc(-c2ccccc2Cl)o1)C1CC1. The molecule has 1 saturated carbocycles. The number of aromatic nitrogens is 2. The predicted molar refractivity (Wildman–Crippen MR) is 102 cm³/mol. The lowest BCUT2D eigenvalue weighted by molar-refractivity contribution is 0.351. The summed E-state index contributed by atoms with van der Waals surface area (Å²) in [4.78, 5) is -0.0864. The molecule has 1 aliphatic rings. The van der Waals surface area contributed by atoms with E-state index in [9.17, 15) is 12.8 Å². The van der Waals surface area contributed by atoms with Crippen LogP contribution in [0.4, 0.5) is 4.39 Å². The van der Waals surface area contributed by atoms with E-state index in [4.69, 9.17) is 27.6 Å². The molecule has 1 fully saturated rings. The van der Waals surface area contributed by atoms with Crippen LogP contribution in [0.25, 0.3) is 11.5 Å². The van der Waals surface area contributed by atoms with Gasteiger partial charge in [0.25, 0.3) is 0 Å². The zero-order chi connectivity index (χ0) is 19.9. The highest BCUT2D eigenvalue weighted by Crippen LogP contribution is 2.35. The van der Waals surface area contributed by atoms with Gasteiger partial charge in [0.2, 0.25) is 21.8 Å². The van der Waals surface area contributed by atoms with E-state index in [0.29, 0.717) is 10.6 Å². The van der Waals surface area contributed by atoms with Gasteiger partial charge >= 0.3 is 0 Å². The van der Waals surface area contributed by atoms with Gasteiger partial charge in [0.1, 0.15) is 5.82 Å². The van der Waals surface area contributed by atoms with Crippen LogP contribution >= 0.6 is 23.2 Å². The molecule has 0 atom stereocenters. The molecular weight excluding hydrogens is 428 g/mol. The summed E-state index contributed by atoms with van der Waals surface area (Å²) in [6.07, 6.45) is 1.44. The molecule has 1 aliphatic carbocycles. The summed E-state index contributed by atoms with van der Waals surface area (Å²) in [6, 6.07) is 10.1. The number of benzene rings is 2. The van der Waals surface area contributed by atoms with E-state index < -0.39 is 15.8 Å².